The van der Waals surface area contributed by atoms with Crippen LogP contribution in [0, 0.1) is 0 Å². The van der Waals surface area contributed by atoms with Crippen LogP contribution < -0.4 is 9.47 Å². The fourth-order valence-electron chi connectivity index (χ4n) is 2.28. The van der Waals surface area contributed by atoms with Crippen LogP contribution >= 0.6 is 0 Å². The van der Waals surface area contributed by atoms with E-state index in [1.807, 2.05) is 0 Å². The predicted molar refractivity (Wildman–Crippen MR) is 75.5 cm³/mol. The highest BCUT2D eigenvalue weighted by Gasteiger charge is 2.14. The van der Waals surface area contributed by atoms with Gasteiger partial charge in [0.05, 0.1) is 19.8 Å². The standard InChI is InChI=1S/C15H21NO4/c1-18-13-9-12(10-14(11-13)19-2)15(17)20-8-7-16-5-3-4-6-16/h9-11H,3-8H2,1-2H3. The van der Waals surface area contributed by atoms with E-state index in [0.717, 1.165) is 19.6 Å². The average molecular weight is 279 g/mol. The summed E-state index contributed by atoms with van der Waals surface area (Å²) in [5.41, 5.74) is 0.447. The molecule has 1 saturated heterocycles. The van der Waals surface area contributed by atoms with E-state index in [1.54, 1.807) is 32.4 Å². The average Bonchev–Trinajstić information content (AvgIpc) is 2.99. The summed E-state index contributed by atoms with van der Waals surface area (Å²) in [6.45, 7) is 3.42. The smallest absolute Gasteiger partial charge is 0.338 e. The molecule has 0 unspecified atom stereocenters. The molecule has 1 aromatic rings. The summed E-state index contributed by atoms with van der Waals surface area (Å²) in [7, 11) is 3.11. The van der Waals surface area contributed by atoms with Gasteiger partial charge in [0.15, 0.2) is 0 Å². The third-order valence-corrected chi connectivity index (χ3v) is 3.43. The minimum Gasteiger partial charge on any atom is -0.497 e. The first-order valence-electron chi connectivity index (χ1n) is 6.85. The summed E-state index contributed by atoms with van der Waals surface area (Å²) in [5.74, 6) is 0.813. The molecule has 2 rings (SSSR count). The van der Waals surface area contributed by atoms with Crippen LogP contribution in [0.5, 0.6) is 11.5 Å². The third kappa shape index (κ3) is 3.87. The van der Waals surface area contributed by atoms with Crippen LogP contribution in [-0.4, -0.2) is 51.3 Å². The van der Waals surface area contributed by atoms with Gasteiger partial charge in [-0.2, -0.15) is 0 Å². The van der Waals surface area contributed by atoms with Crippen molar-refractivity contribution in [2.75, 3.05) is 40.5 Å². The van der Waals surface area contributed by atoms with E-state index < -0.39 is 0 Å². The van der Waals surface area contributed by atoms with Crippen LogP contribution in [0.25, 0.3) is 0 Å². The Labute approximate surface area is 119 Å². The molecule has 5 heteroatoms. The monoisotopic (exact) mass is 279 g/mol. The van der Waals surface area contributed by atoms with Gasteiger partial charge in [0.2, 0.25) is 0 Å². The van der Waals surface area contributed by atoms with Gasteiger partial charge in [-0.3, -0.25) is 4.90 Å². The van der Waals surface area contributed by atoms with E-state index in [9.17, 15) is 4.79 Å². The number of likely N-dealkylation sites (tertiary alicyclic amines) is 1. The normalized spacial score (nSPS) is 15.1. The number of ether oxygens (including phenoxy) is 3. The topological polar surface area (TPSA) is 48.0 Å². The van der Waals surface area contributed by atoms with Crippen molar-refractivity contribution in [2.45, 2.75) is 12.8 Å². The Hall–Kier alpha value is -1.75. The van der Waals surface area contributed by atoms with E-state index in [1.165, 1.54) is 12.8 Å². The Balaban J connectivity index is 1.90. The maximum Gasteiger partial charge on any atom is 0.338 e. The van der Waals surface area contributed by atoms with Crippen molar-refractivity contribution >= 4 is 5.97 Å². The van der Waals surface area contributed by atoms with Crippen molar-refractivity contribution in [3.8, 4) is 11.5 Å². The van der Waals surface area contributed by atoms with Crippen molar-refractivity contribution in [3.05, 3.63) is 23.8 Å². The molecule has 1 aliphatic heterocycles. The van der Waals surface area contributed by atoms with Crippen LogP contribution in [0.4, 0.5) is 0 Å². The fraction of sp³-hybridized carbons (Fsp3) is 0.533. The quantitative estimate of drug-likeness (QED) is 0.745. The molecule has 20 heavy (non-hydrogen) atoms. The molecule has 1 heterocycles. The summed E-state index contributed by atoms with van der Waals surface area (Å²) < 4.78 is 15.6. The lowest BCUT2D eigenvalue weighted by Gasteiger charge is -2.14. The molecule has 0 aromatic heterocycles. The van der Waals surface area contributed by atoms with Gasteiger partial charge < -0.3 is 14.2 Å². The van der Waals surface area contributed by atoms with Crippen molar-refractivity contribution in [2.24, 2.45) is 0 Å². The molecular formula is C15H21NO4. The van der Waals surface area contributed by atoms with Crippen molar-refractivity contribution < 1.29 is 19.0 Å². The second-order valence-corrected chi connectivity index (χ2v) is 4.79. The van der Waals surface area contributed by atoms with Gasteiger partial charge in [-0.05, 0) is 38.1 Å². The lowest BCUT2D eigenvalue weighted by atomic mass is 10.2. The van der Waals surface area contributed by atoms with E-state index in [0.29, 0.717) is 23.7 Å². The van der Waals surface area contributed by atoms with E-state index >= 15 is 0 Å². The number of esters is 1. The summed E-state index contributed by atoms with van der Waals surface area (Å²) in [5, 5.41) is 0. The number of benzene rings is 1. The number of carbonyl (C=O) groups excluding carboxylic acids is 1. The van der Waals surface area contributed by atoms with Gasteiger partial charge in [0, 0.05) is 12.6 Å². The first-order valence-corrected chi connectivity index (χ1v) is 6.85. The fourth-order valence-corrected chi connectivity index (χ4v) is 2.28. The summed E-state index contributed by atoms with van der Waals surface area (Å²) >= 11 is 0. The van der Waals surface area contributed by atoms with Crippen LogP contribution in [0.15, 0.2) is 18.2 Å². The molecule has 0 radical (unpaired) electrons. The lowest BCUT2D eigenvalue weighted by molar-refractivity contribution is 0.0471. The van der Waals surface area contributed by atoms with Gasteiger partial charge in [-0.15, -0.1) is 0 Å². The molecule has 1 fully saturated rings. The van der Waals surface area contributed by atoms with Gasteiger partial charge in [-0.1, -0.05) is 0 Å². The highest BCUT2D eigenvalue weighted by molar-refractivity contribution is 5.90. The van der Waals surface area contributed by atoms with Crippen LogP contribution in [-0.2, 0) is 4.74 Å². The molecule has 0 atom stereocenters. The second kappa shape index (κ2) is 7.14. The van der Waals surface area contributed by atoms with Crippen molar-refractivity contribution in [3.63, 3.8) is 0 Å². The minimum atomic E-state index is -0.346. The van der Waals surface area contributed by atoms with Crippen LogP contribution in [0.3, 0.4) is 0 Å². The van der Waals surface area contributed by atoms with Gasteiger partial charge in [0.1, 0.15) is 18.1 Å². The highest BCUT2D eigenvalue weighted by atomic mass is 16.5. The number of nitrogens with zero attached hydrogens (tertiary/aromatic N) is 1. The zero-order valence-corrected chi connectivity index (χ0v) is 12.1. The zero-order valence-electron chi connectivity index (χ0n) is 12.1. The Morgan fingerprint density at radius 2 is 1.70 bits per heavy atom. The van der Waals surface area contributed by atoms with Crippen molar-refractivity contribution in [1.82, 2.24) is 4.90 Å². The summed E-state index contributed by atoms with van der Waals surface area (Å²) in [6, 6.07) is 5.03. The Kier molecular flexibility index (Phi) is 5.24. The first kappa shape index (κ1) is 14.7. The zero-order chi connectivity index (χ0) is 14.4. The number of rotatable bonds is 6. The molecule has 0 N–H and O–H groups in total. The first-order chi connectivity index (χ1) is 9.72. The third-order valence-electron chi connectivity index (χ3n) is 3.43. The molecule has 5 nitrogen and oxygen atoms in total. The van der Waals surface area contributed by atoms with Gasteiger partial charge >= 0.3 is 5.97 Å². The molecule has 0 spiro atoms. The van der Waals surface area contributed by atoms with Crippen molar-refractivity contribution in [1.29, 1.82) is 0 Å². The van der Waals surface area contributed by atoms with E-state index in [4.69, 9.17) is 14.2 Å². The number of hydrogen-bond donors (Lipinski definition) is 0. The van der Waals surface area contributed by atoms with E-state index in [2.05, 4.69) is 4.90 Å². The molecule has 0 amide bonds. The molecule has 110 valence electrons. The summed E-state index contributed by atoms with van der Waals surface area (Å²) in [4.78, 5) is 14.3. The van der Waals surface area contributed by atoms with Crippen LogP contribution in [0.1, 0.15) is 23.2 Å². The summed E-state index contributed by atoms with van der Waals surface area (Å²) in [6.07, 6.45) is 2.47. The molecule has 0 bridgehead atoms. The number of carbonyl (C=O) groups is 1. The molecule has 1 aromatic carbocycles. The maximum absolute atomic E-state index is 12.0. The van der Waals surface area contributed by atoms with Gasteiger partial charge in [-0.25, -0.2) is 4.79 Å². The minimum absolute atomic E-state index is 0.346. The second-order valence-electron chi connectivity index (χ2n) is 4.79. The number of methoxy groups -OCH3 is 2. The maximum atomic E-state index is 12.0. The predicted octanol–water partition coefficient (Wildman–Crippen LogP) is 1.96. The molecular weight excluding hydrogens is 258 g/mol. The SMILES string of the molecule is COc1cc(OC)cc(C(=O)OCCN2CCCC2)c1. The highest BCUT2D eigenvalue weighted by Crippen LogP contribution is 2.23. The molecule has 0 aliphatic carbocycles. The number of hydrogen-bond acceptors (Lipinski definition) is 5. The Bertz CT molecular complexity index is 433. The largest absolute Gasteiger partial charge is 0.497 e. The van der Waals surface area contributed by atoms with Gasteiger partial charge in [0.25, 0.3) is 0 Å². The molecule has 0 saturated carbocycles. The Morgan fingerprint density at radius 1 is 1.10 bits per heavy atom. The van der Waals surface area contributed by atoms with E-state index in [-0.39, 0.29) is 5.97 Å². The Morgan fingerprint density at radius 3 is 2.25 bits per heavy atom. The molecule has 1 aliphatic rings. The van der Waals surface area contributed by atoms with Crippen LogP contribution in [0.2, 0.25) is 0 Å². The lowest BCUT2D eigenvalue weighted by Crippen LogP contribution is -2.25.